The van der Waals surface area contributed by atoms with Crippen LogP contribution in [0.15, 0.2) is 77.7 Å². The third kappa shape index (κ3) is 5.59. The van der Waals surface area contributed by atoms with Crippen molar-refractivity contribution >= 4 is 40.6 Å². The summed E-state index contributed by atoms with van der Waals surface area (Å²) in [5.41, 5.74) is 2.52. The number of hydrogen-bond donors (Lipinski definition) is 0. The highest BCUT2D eigenvalue weighted by molar-refractivity contribution is 8.18. The number of ether oxygens (including phenoxy) is 2. The number of imide groups is 1. The zero-order chi connectivity index (χ0) is 23.2. The summed E-state index contributed by atoms with van der Waals surface area (Å²) in [5, 5.41) is 0.359. The van der Waals surface area contributed by atoms with Crippen LogP contribution in [0.1, 0.15) is 23.6 Å². The predicted molar refractivity (Wildman–Crippen MR) is 131 cm³/mol. The van der Waals surface area contributed by atoms with Gasteiger partial charge >= 0.3 is 0 Å². The Kier molecular flexibility index (Phi) is 7.37. The summed E-state index contributed by atoms with van der Waals surface area (Å²) in [6.45, 7) is 2.90. The molecule has 1 fully saturated rings. The molecule has 0 aromatic heterocycles. The molecule has 0 aliphatic carbocycles. The van der Waals surface area contributed by atoms with Gasteiger partial charge in [-0.2, -0.15) is 0 Å². The van der Waals surface area contributed by atoms with Crippen LogP contribution in [0.2, 0.25) is 5.02 Å². The molecule has 0 bridgehead atoms. The molecule has 2 amide bonds. The Morgan fingerprint density at radius 3 is 2.45 bits per heavy atom. The minimum Gasteiger partial charge on any atom is -0.490 e. The molecule has 0 spiro atoms. The zero-order valence-corrected chi connectivity index (χ0v) is 19.6. The van der Waals surface area contributed by atoms with Gasteiger partial charge in [0.05, 0.1) is 18.1 Å². The second kappa shape index (κ2) is 10.6. The number of thioether (sulfide) groups is 1. The maximum Gasteiger partial charge on any atom is 0.293 e. The first-order valence-corrected chi connectivity index (χ1v) is 11.7. The molecule has 0 atom stereocenters. The topological polar surface area (TPSA) is 55.8 Å². The first-order chi connectivity index (χ1) is 16.0. The highest BCUT2D eigenvalue weighted by Gasteiger charge is 2.35. The summed E-state index contributed by atoms with van der Waals surface area (Å²) < 4.78 is 11.7. The van der Waals surface area contributed by atoms with E-state index in [0.29, 0.717) is 34.6 Å². The van der Waals surface area contributed by atoms with Crippen molar-refractivity contribution in [2.45, 2.75) is 20.1 Å². The first kappa shape index (κ1) is 23.0. The average Bonchev–Trinajstić information content (AvgIpc) is 3.08. The van der Waals surface area contributed by atoms with E-state index in [-0.39, 0.29) is 17.7 Å². The molecule has 4 rings (SSSR count). The van der Waals surface area contributed by atoms with Gasteiger partial charge in [-0.05, 0) is 54.1 Å². The zero-order valence-electron chi connectivity index (χ0n) is 18.0. The molecule has 3 aromatic rings. The van der Waals surface area contributed by atoms with E-state index in [2.05, 4.69) is 0 Å². The van der Waals surface area contributed by atoms with E-state index < -0.39 is 0 Å². The minimum absolute atomic E-state index is 0.252. The Morgan fingerprint density at radius 2 is 1.70 bits per heavy atom. The van der Waals surface area contributed by atoms with E-state index in [4.69, 9.17) is 21.1 Å². The second-order valence-electron chi connectivity index (χ2n) is 7.27. The molecular weight excluding hydrogens is 458 g/mol. The predicted octanol–water partition coefficient (Wildman–Crippen LogP) is 6.55. The summed E-state index contributed by atoms with van der Waals surface area (Å²) in [5.74, 6) is 0.832. The fraction of sp³-hybridized carbons (Fsp3) is 0.154. The van der Waals surface area contributed by atoms with Crippen molar-refractivity contribution in [3.63, 3.8) is 0 Å². The van der Waals surface area contributed by atoms with Crippen LogP contribution >= 0.6 is 23.4 Å². The maximum absolute atomic E-state index is 12.8. The van der Waals surface area contributed by atoms with E-state index in [0.717, 1.165) is 28.5 Å². The van der Waals surface area contributed by atoms with Gasteiger partial charge in [-0.15, -0.1) is 0 Å². The number of amides is 2. The molecule has 5 nitrogen and oxygen atoms in total. The van der Waals surface area contributed by atoms with Crippen LogP contribution < -0.4 is 9.47 Å². The van der Waals surface area contributed by atoms with Gasteiger partial charge < -0.3 is 9.47 Å². The van der Waals surface area contributed by atoms with Crippen LogP contribution in [-0.2, 0) is 17.9 Å². The molecule has 7 heteroatoms. The van der Waals surface area contributed by atoms with E-state index >= 15 is 0 Å². The van der Waals surface area contributed by atoms with Gasteiger partial charge in [0.2, 0.25) is 0 Å². The smallest absolute Gasteiger partial charge is 0.293 e. The molecule has 0 N–H and O–H groups in total. The van der Waals surface area contributed by atoms with Crippen LogP contribution in [0.3, 0.4) is 0 Å². The maximum atomic E-state index is 12.8. The standard InChI is InChI=1S/C26H22ClNO4S/c1-2-31-23-14-19(12-13-22(23)32-17-20-10-6-7-11-21(20)27)15-24-25(29)28(26(30)33-24)16-18-8-4-3-5-9-18/h3-15H,2,16-17H2,1H3/b24-15-. The molecule has 0 radical (unpaired) electrons. The Balaban J connectivity index is 1.51. The van der Waals surface area contributed by atoms with E-state index in [1.165, 1.54) is 4.90 Å². The highest BCUT2D eigenvalue weighted by Crippen LogP contribution is 2.35. The van der Waals surface area contributed by atoms with E-state index in [9.17, 15) is 9.59 Å². The lowest BCUT2D eigenvalue weighted by molar-refractivity contribution is -0.123. The molecule has 1 aliphatic heterocycles. The first-order valence-electron chi connectivity index (χ1n) is 10.5. The third-order valence-electron chi connectivity index (χ3n) is 4.96. The molecule has 0 unspecified atom stereocenters. The SMILES string of the molecule is CCOc1cc(/C=C2\SC(=O)N(Cc3ccccc3)C2=O)ccc1OCc1ccccc1Cl. The summed E-state index contributed by atoms with van der Waals surface area (Å²) in [6.07, 6.45) is 1.70. The fourth-order valence-electron chi connectivity index (χ4n) is 3.33. The number of nitrogens with zero attached hydrogens (tertiary/aromatic N) is 1. The lowest BCUT2D eigenvalue weighted by atomic mass is 10.1. The van der Waals surface area contributed by atoms with Crippen molar-refractivity contribution in [3.05, 3.63) is 99.4 Å². The molecule has 0 saturated carbocycles. The molecule has 1 saturated heterocycles. The quantitative estimate of drug-likeness (QED) is 0.343. The van der Waals surface area contributed by atoms with Crippen LogP contribution in [0.25, 0.3) is 6.08 Å². The number of halogens is 1. The normalized spacial score (nSPS) is 14.7. The lowest BCUT2D eigenvalue weighted by Crippen LogP contribution is -2.27. The molecule has 33 heavy (non-hydrogen) atoms. The van der Waals surface area contributed by atoms with E-state index in [1.807, 2.05) is 67.6 Å². The van der Waals surface area contributed by atoms with Crippen LogP contribution in [0.5, 0.6) is 11.5 Å². The van der Waals surface area contributed by atoms with Crippen molar-refractivity contribution in [3.8, 4) is 11.5 Å². The van der Waals surface area contributed by atoms with Crippen molar-refractivity contribution in [2.75, 3.05) is 6.61 Å². The van der Waals surface area contributed by atoms with Crippen LogP contribution in [0, 0.1) is 0 Å². The molecule has 3 aromatic carbocycles. The Morgan fingerprint density at radius 1 is 0.939 bits per heavy atom. The number of rotatable bonds is 8. The highest BCUT2D eigenvalue weighted by atomic mass is 35.5. The third-order valence-corrected chi connectivity index (χ3v) is 6.24. The van der Waals surface area contributed by atoms with Crippen molar-refractivity contribution in [1.29, 1.82) is 0 Å². The molecular formula is C26H22ClNO4S. The summed E-state index contributed by atoms with van der Waals surface area (Å²) in [6, 6.07) is 22.4. The van der Waals surface area contributed by atoms with Crippen molar-refractivity contribution in [2.24, 2.45) is 0 Å². The van der Waals surface area contributed by atoms with Gasteiger partial charge in [0, 0.05) is 10.6 Å². The molecule has 1 aliphatic rings. The van der Waals surface area contributed by atoms with Gasteiger partial charge in [0.1, 0.15) is 6.61 Å². The van der Waals surface area contributed by atoms with Gasteiger partial charge in [0.25, 0.3) is 11.1 Å². The van der Waals surface area contributed by atoms with Crippen molar-refractivity contribution in [1.82, 2.24) is 4.90 Å². The number of carbonyl (C=O) groups is 2. The second-order valence-corrected chi connectivity index (χ2v) is 8.67. The number of benzene rings is 3. The largest absolute Gasteiger partial charge is 0.490 e. The Bertz CT molecular complexity index is 1200. The Labute approximate surface area is 202 Å². The van der Waals surface area contributed by atoms with Gasteiger partial charge in [-0.25, -0.2) is 0 Å². The Hall–Kier alpha value is -3.22. The van der Waals surface area contributed by atoms with E-state index in [1.54, 1.807) is 18.2 Å². The van der Waals surface area contributed by atoms with Crippen LogP contribution in [0.4, 0.5) is 4.79 Å². The number of carbonyl (C=O) groups excluding carboxylic acids is 2. The summed E-state index contributed by atoms with van der Waals surface area (Å²) in [7, 11) is 0. The lowest BCUT2D eigenvalue weighted by Gasteiger charge is -2.13. The van der Waals surface area contributed by atoms with Crippen molar-refractivity contribution < 1.29 is 19.1 Å². The van der Waals surface area contributed by atoms with Gasteiger partial charge in [0.15, 0.2) is 11.5 Å². The van der Waals surface area contributed by atoms with Gasteiger partial charge in [-0.3, -0.25) is 14.5 Å². The fourth-order valence-corrected chi connectivity index (χ4v) is 4.36. The van der Waals surface area contributed by atoms with Gasteiger partial charge in [-0.1, -0.05) is 66.2 Å². The van der Waals surface area contributed by atoms with Crippen LogP contribution in [-0.4, -0.2) is 22.7 Å². The summed E-state index contributed by atoms with van der Waals surface area (Å²) >= 11 is 7.16. The monoisotopic (exact) mass is 479 g/mol. The number of hydrogen-bond acceptors (Lipinski definition) is 5. The minimum atomic E-state index is -0.300. The molecule has 1 heterocycles. The summed E-state index contributed by atoms with van der Waals surface area (Å²) in [4.78, 5) is 26.9. The average molecular weight is 480 g/mol. The molecule has 168 valence electrons.